The molecule has 0 bridgehead atoms. The topological polar surface area (TPSA) is 40.5 Å². The van der Waals surface area contributed by atoms with Gasteiger partial charge in [0.2, 0.25) is 0 Å². The van der Waals surface area contributed by atoms with E-state index in [1.165, 1.54) is 6.07 Å². The van der Waals surface area contributed by atoms with Crippen LogP contribution in [0.25, 0.3) is 0 Å². The molecule has 2 rings (SSSR count). The lowest BCUT2D eigenvalue weighted by molar-refractivity contribution is -0.153. The van der Waals surface area contributed by atoms with Crippen LogP contribution in [0.1, 0.15) is 44.7 Å². The van der Waals surface area contributed by atoms with Crippen LogP contribution < -0.4 is 0 Å². The lowest BCUT2D eigenvalue weighted by Gasteiger charge is -2.42. The first-order chi connectivity index (χ1) is 9.89. The van der Waals surface area contributed by atoms with Crippen LogP contribution in [-0.2, 0) is 4.79 Å². The molecule has 1 aromatic carbocycles. The maximum absolute atomic E-state index is 13.3. The molecule has 0 aliphatic carbocycles. The summed E-state index contributed by atoms with van der Waals surface area (Å²) in [6.45, 7) is 5.31. The molecule has 3 nitrogen and oxygen atoms in total. The van der Waals surface area contributed by atoms with Gasteiger partial charge in [-0.05, 0) is 50.4 Å². The Kier molecular flexibility index (Phi) is 4.89. The Morgan fingerprint density at radius 3 is 2.86 bits per heavy atom. The molecule has 0 spiro atoms. The molecule has 1 aliphatic rings. The first-order valence-electron chi connectivity index (χ1n) is 7.32. The van der Waals surface area contributed by atoms with Gasteiger partial charge in [0.25, 0.3) is 0 Å². The predicted octanol–water partition coefficient (Wildman–Crippen LogP) is 4.12. The highest BCUT2D eigenvalue weighted by atomic mass is 35.5. The van der Waals surface area contributed by atoms with E-state index in [0.29, 0.717) is 19.4 Å². The quantitative estimate of drug-likeness (QED) is 0.909. The molecule has 1 aromatic rings. The van der Waals surface area contributed by atoms with Gasteiger partial charge < -0.3 is 5.11 Å². The molecule has 0 amide bonds. The second-order valence-electron chi connectivity index (χ2n) is 5.86. The summed E-state index contributed by atoms with van der Waals surface area (Å²) in [6, 6.07) is 4.73. The van der Waals surface area contributed by atoms with Crippen molar-refractivity contribution >= 4 is 17.6 Å². The fourth-order valence-electron chi connectivity index (χ4n) is 3.10. The van der Waals surface area contributed by atoms with Crippen molar-refractivity contribution in [3.63, 3.8) is 0 Å². The summed E-state index contributed by atoms with van der Waals surface area (Å²) in [7, 11) is 0. The number of hydrogen-bond acceptors (Lipinski definition) is 2. The second-order valence-corrected chi connectivity index (χ2v) is 6.27. The summed E-state index contributed by atoms with van der Waals surface area (Å²) >= 11 is 5.84. The van der Waals surface area contributed by atoms with Crippen LogP contribution in [0.2, 0.25) is 5.02 Å². The Balaban J connectivity index is 2.20. The lowest BCUT2D eigenvalue weighted by atomic mass is 9.77. The van der Waals surface area contributed by atoms with E-state index >= 15 is 0 Å². The van der Waals surface area contributed by atoms with Gasteiger partial charge in [-0.15, -0.1) is 0 Å². The standard InChI is InChI=1S/C16H21ClFNO2/c1-3-16(15(20)21)7-4-8-19(10-16)11(2)12-5-6-14(18)13(17)9-12/h5-6,9,11H,3-4,7-8,10H2,1-2H3,(H,20,21). The molecule has 2 atom stereocenters. The molecular formula is C16H21ClFNO2. The fraction of sp³-hybridized carbons (Fsp3) is 0.562. The minimum absolute atomic E-state index is 0.0219. The monoisotopic (exact) mass is 313 g/mol. The third-order valence-corrected chi connectivity index (χ3v) is 5.00. The zero-order valence-corrected chi connectivity index (χ0v) is 13.2. The Labute approximate surface area is 129 Å². The Hall–Kier alpha value is -1.13. The predicted molar refractivity (Wildman–Crippen MR) is 81.0 cm³/mol. The van der Waals surface area contributed by atoms with Crippen molar-refractivity contribution in [3.05, 3.63) is 34.6 Å². The van der Waals surface area contributed by atoms with Crippen molar-refractivity contribution in [1.29, 1.82) is 0 Å². The number of carboxylic acid groups (broad SMARTS) is 1. The smallest absolute Gasteiger partial charge is 0.310 e. The molecule has 0 radical (unpaired) electrons. The van der Waals surface area contributed by atoms with E-state index in [-0.39, 0.29) is 11.1 Å². The highest BCUT2D eigenvalue weighted by molar-refractivity contribution is 6.30. The highest BCUT2D eigenvalue weighted by Crippen LogP contribution is 2.37. The van der Waals surface area contributed by atoms with Crippen LogP contribution >= 0.6 is 11.6 Å². The average molecular weight is 314 g/mol. The van der Waals surface area contributed by atoms with Gasteiger partial charge in [-0.25, -0.2) is 4.39 Å². The van der Waals surface area contributed by atoms with Gasteiger partial charge in [0.15, 0.2) is 0 Å². The van der Waals surface area contributed by atoms with Crippen molar-refractivity contribution in [3.8, 4) is 0 Å². The van der Waals surface area contributed by atoms with Crippen molar-refractivity contribution in [2.75, 3.05) is 13.1 Å². The number of hydrogen-bond donors (Lipinski definition) is 1. The van der Waals surface area contributed by atoms with Gasteiger partial charge in [0.1, 0.15) is 5.82 Å². The van der Waals surface area contributed by atoms with Crippen LogP contribution in [0.15, 0.2) is 18.2 Å². The maximum atomic E-state index is 13.3. The number of nitrogens with zero attached hydrogens (tertiary/aromatic N) is 1. The summed E-state index contributed by atoms with van der Waals surface area (Å²) in [5.74, 6) is -1.15. The average Bonchev–Trinajstić information content (AvgIpc) is 2.49. The normalized spacial score (nSPS) is 24.8. The van der Waals surface area contributed by atoms with E-state index in [2.05, 4.69) is 4.90 Å². The van der Waals surface area contributed by atoms with Crippen LogP contribution in [0, 0.1) is 11.2 Å². The number of carbonyl (C=O) groups is 1. The first kappa shape index (κ1) is 16.2. The number of aliphatic carboxylic acids is 1. The van der Waals surface area contributed by atoms with Gasteiger partial charge in [-0.3, -0.25) is 9.69 Å². The molecule has 116 valence electrons. The van der Waals surface area contributed by atoms with Gasteiger partial charge in [-0.2, -0.15) is 0 Å². The number of halogens is 2. The number of likely N-dealkylation sites (tertiary alicyclic amines) is 1. The van der Waals surface area contributed by atoms with Crippen LogP contribution in [0.5, 0.6) is 0 Å². The van der Waals surface area contributed by atoms with E-state index in [1.54, 1.807) is 12.1 Å². The maximum Gasteiger partial charge on any atom is 0.310 e. The number of piperidine rings is 1. The molecule has 21 heavy (non-hydrogen) atoms. The highest BCUT2D eigenvalue weighted by Gasteiger charge is 2.41. The summed E-state index contributed by atoms with van der Waals surface area (Å²) in [6.07, 6.45) is 2.20. The molecule has 0 saturated carbocycles. The third-order valence-electron chi connectivity index (χ3n) is 4.71. The summed E-state index contributed by atoms with van der Waals surface area (Å²) in [5, 5.41) is 9.65. The van der Waals surface area contributed by atoms with E-state index in [4.69, 9.17) is 11.6 Å². The molecule has 1 heterocycles. The summed E-state index contributed by atoms with van der Waals surface area (Å²) in [5.41, 5.74) is 0.245. The molecule has 2 unspecified atom stereocenters. The number of carboxylic acids is 1. The molecule has 5 heteroatoms. The minimum atomic E-state index is -0.723. The van der Waals surface area contributed by atoms with Crippen LogP contribution in [-0.4, -0.2) is 29.1 Å². The SMILES string of the molecule is CCC1(C(=O)O)CCCN(C(C)c2ccc(F)c(Cl)c2)C1. The third kappa shape index (κ3) is 3.22. The van der Waals surface area contributed by atoms with E-state index < -0.39 is 17.2 Å². The first-order valence-corrected chi connectivity index (χ1v) is 7.70. The minimum Gasteiger partial charge on any atom is -0.481 e. The van der Waals surface area contributed by atoms with Gasteiger partial charge in [0, 0.05) is 12.6 Å². The van der Waals surface area contributed by atoms with Crippen LogP contribution in [0.3, 0.4) is 0 Å². The van der Waals surface area contributed by atoms with Crippen LogP contribution in [0.4, 0.5) is 4.39 Å². The largest absolute Gasteiger partial charge is 0.481 e. The molecule has 1 N–H and O–H groups in total. The van der Waals surface area contributed by atoms with E-state index in [1.807, 2.05) is 13.8 Å². The molecule has 1 aliphatic heterocycles. The van der Waals surface area contributed by atoms with Crippen molar-refractivity contribution in [2.45, 2.75) is 39.2 Å². The fourth-order valence-corrected chi connectivity index (χ4v) is 3.28. The molecule has 1 fully saturated rings. The van der Waals surface area contributed by atoms with Crippen molar-refractivity contribution in [2.24, 2.45) is 5.41 Å². The molecule has 0 aromatic heterocycles. The van der Waals surface area contributed by atoms with Gasteiger partial charge >= 0.3 is 5.97 Å². The summed E-state index contributed by atoms with van der Waals surface area (Å²) < 4.78 is 13.3. The Bertz CT molecular complexity index is 537. The Morgan fingerprint density at radius 1 is 1.57 bits per heavy atom. The zero-order chi connectivity index (χ0) is 15.6. The Morgan fingerprint density at radius 2 is 2.29 bits per heavy atom. The summed E-state index contributed by atoms with van der Waals surface area (Å²) in [4.78, 5) is 13.8. The van der Waals surface area contributed by atoms with E-state index in [9.17, 15) is 14.3 Å². The van der Waals surface area contributed by atoms with Gasteiger partial charge in [-0.1, -0.05) is 24.6 Å². The molecule has 1 saturated heterocycles. The van der Waals surface area contributed by atoms with Gasteiger partial charge in [0.05, 0.1) is 10.4 Å². The van der Waals surface area contributed by atoms with Crippen molar-refractivity contribution < 1.29 is 14.3 Å². The van der Waals surface area contributed by atoms with Crippen molar-refractivity contribution in [1.82, 2.24) is 4.90 Å². The zero-order valence-electron chi connectivity index (χ0n) is 12.4. The number of benzene rings is 1. The number of rotatable bonds is 4. The second kappa shape index (κ2) is 6.32. The molecular weight excluding hydrogens is 293 g/mol. The van der Waals surface area contributed by atoms with E-state index in [0.717, 1.165) is 18.5 Å². The lowest BCUT2D eigenvalue weighted by Crippen LogP contribution is -2.48.